The van der Waals surface area contributed by atoms with Crippen molar-refractivity contribution in [2.75, 3.05) is 7.05 Å². The van der Waals surface area contributed by atoms with Gasteiger partial charge in [0.05, 0.1) is 0 Å². The van der Waals surface area contributed by atoms with Gasteiger partial charge in [0, 0.05) is 17.5 Å². The lowest BCUT2D eigenvalue weighted by atomic mass is 9.97. The largest absolute Gasteiger partial charge is 0.488 e. The van der Waals surface area contributed by atoms with Gasteiger partial charge in [-0.1, -0.05) is 41.9 Å². The van der Waals surface area contributed by atoms with E-state index in [1.807, 2.05) is 25.2 Å². The number of nitrogens with one attached hydrogen (secondary N) is 1. The van der Waals surface area contributed by atoms with Crippen LogP contribution in [-0.2, 0) is 12.8 Å². The summed E-state index contributed by atoms with van der Waals surface area (Å²) in [5.74, 6) is 1.01. The number of ether oxygens (including phenoxy) is 1. The third kappa shape index (κ3) is 3.07. The van der Waals surface area contributed by atoms with Crippen LogP contribution in [0, 0.1) is 6.92 Å². The zero-order valence-electron chi connectivity index (χ0n) is 12.4. The van der Waals surface area contributed by atoms with E-state index >= 15 is 0 Å². The number of hydrogen-bond acceptors (Lipinski definition) is 2. The maximum atomic E-state index is 6.36. The van der Waals surface area contributed by atoms with Gasteiger partial charge in [-0.25, -0.2) is 0 Å². The van der Waals surface area contributed by atoms with Gasteiger partial charge in [-0.2, -0.15) is 0 Å². The van der Waals surface area contributed by atoms with Crippen molar-refractivity contribution >= 4 is 11.6 Å². The van der Waals surface area contributed by atoms with E-state index < -0.39 is 0 Å². The molecular weight excluding hydrogens is 282 g/mol. The summed E-state index contributed by atoms with van der Waals surface area (Å²) in [5.41, 5.74) is 3.65. The molecule has 2 nitrogen and oxygen atoms in total. The summed E-state index contributed by atoms with van der Waals surface area (Å²) in [6.45, 7) is 2.06. The molecule has 0 spiro atoms. The van der Waals surface area contributed by atoms with Gasteiger partial charge in [0.2, 0.25) is 0 Å². The van der Waals surface area contributed by atoms with Gasteiger partial charge >= 0.3 is 0 Å². The van der Waals surface area contributed by atoms with E-state index in [0.717, 1.165) is 23.6 Å². The fraction of sp³-hybridized carbons (Fsp3) is 0.333. The van der Waals surface area contributed by atoms with Crippen molar-refractivity contribution in [3.8, 4) is 5.75 Å². The highest BCUT2D eigenvalue weighted by Crippen LogP contribution is 2.31. The zero-order valence-corrected chi connectivity index (χ0v) is 13.2. The van der Waals surface area contributed by atoms with Crippen LogP contribution in [0.25, 0.3) is 0 Å². The molecule has 0 radical (unpaired) electrons. The molecule has 1 aliphatic rings. The summed E-state index contributed by atoms with van der Waals surface area (Å²) in [6, 6.07) is 14.8. The maximum Gasteiger partial charge on any atom is 0.123 e. The predicted molar refractivity (Wildman–Crippen MR) is 87.3 cm³/mol. The number of hydrogen-bond donors (Lipinski definition) is 1. The molecule has 2 unspecified atom stereocenters. The standard InChI is InChI=1S/C18H20ClNO/c1-12-7-8-13(15(19)9-12)10-16(20-2)18-11-14-5-3-4-6-17(14)21-18/h3-9,16,18,20H,10-11H2,1-2H3. The third-order valence-electron chi connectivity index (χ3n) is 4.14. The quantitative estimate of drug-likeness (QED) is 0.928. The third-order valence-corrected chi connectivity index (χ3v) is 4.49. The van der Waals surface area contributed by atoms with Crippen molar-refractivity contribution in [3.63, 3.8) is 0 Å². The van der Waals surface area contributed by atoms with Gasteiger partial charge in [0.25, 0.3) is 0 Å². The van der Waals surface area contributed by atoms with Crippen LogP contribution in [0.2, 0.25) is 5.02 Å². The first-order valence-electron chi connectivity index (χ1n) is 7.34. The average molecular weight is 302 g/mol. The summed E-state index contributed by atoms with van der Waals surface area (Å²) in [5, 5.41) is 4.22. The van der Waals surface area contributed by atoms with Gasteiger partial charge in [-0.15, -0.1) is 0 Å². The Kier molecular flexibility index (Phi) is 4.18. The molecule has 3 rings (SSSR count). The highest BCUT2D eigenvalue weighted by atomic mass is 35.5. The minimum absolute atomic E-state index is 0.157. The van der Waals surface area contributed by atoms with Crippen molar-refractivity contribution in [1.82, 2.24) is 5.32 Å². The lowest BCUT2D eigenvalue weighted by Gasteiger charge is -2.23. The molecule has 3 heteroatoms. The van der Waals surface area contributed by atoms with Crippen LogP contribution in [0.15, 0.2) is 42.5 Å². The Balaban J connectivity index is 1.75. The van der Waals surface area contributed by atoms with Crippen LogP contribution in [0.5, 0.6) is 5.75 Å². The van der Waals surface area contributed by atoms with Gasteiger partial charge in [0.1, 0.15) is 11.9 Å². The summed E-state index contributed by atoms with van der Waals surface area (Å²) in [6.07, 6.45) is 1.98. The normalized spacial score (nSPS) is 18.1. The maximum absolute atomic E-state index is 6.36. The number of fused-ring (bicyclic) bond motifs is 1. The predicted octanol–water partition coefficient (Wildman–Crippen LogP) is 3.78. The Labute approximate surface area is 131 Å². The van der Waals surface area contributed by atoms with Gasteiger partial charge in [-0.05, 0) is 49.2 Å². The Bertz CT molecular complexity index is 616. The van der Waals surface area contributed by atoms with Crippen LogP contribution >= 0.6 is 11.6 Å². The van der Waals surface area contributed by atoms with E-state index in [0.29, 0.717) is 0 Å². The summed E-state index contributed by atoms with van der Waals surface area (Å²) < 4.78 is 6.09. The number of para-hydroxylation sites is 1. The smallest absolute Gasteiger partial charge is 0.123 e. The molecule has 0 bridgehead atoms. The minimum Gasteiger partial charge on any atom is -0.488 e. The Hall–Kier alpha value is -1.51. The molecule has 1 N–H and O–H groups in total. The molecule has 2 atom stereocenters. The molecule has 1 aliphatic heterocycles. The first-order chi connectivity index (χ1) is 10.2. The number of rotatable bonds is 4. The summed E-state index contributed by atoms with van der Waals surface area (Å²) in [7, 11) is 1.99. The van der Waals surface area contributed by atoms with Crippen LogP contribution in [-0.4, -0.2) is 19.2 Å². The van der Waals surface area contributed by atoms with E-state index in [4.69, 9.17) is 16.3 Å². The molecule has 0 fully saturated rings. The molecular formula is C18H20ClNO. The molecule has 2 aromatic rings. The van der Waals surface area contributed by atoms with Crippen molar-refractivity contribution in [2.24, 2.45) is 0 Å². The van der Waals surface area contributed by atoms with Crippen LogP contribution in [0.4, 0.5) is 0 Å². The lowest BCUT2D eigenvalue weighted by molar-refractivity contribution is 0.182. The Morgan fingerprint density at radius 2 is 2.10 bits per heavy atom. The van der Waals surface area contributed by atoms with Crippen LogP contribution in [0.3, 0.4) is 0 Å². The summed E-state index contributed by atoms with van der Waals surface area (Å²) >= 11 is 6.36. The molecule has 0 saturated heterocycles. The number of halogens is 1. The van der Waals surface area contributed by atoms with E-state index in [-0.39, 0.29) is 12.1 Å². The van der Waals surface area contributed by atoms with Crippen molar-refractivity contribution < 1.29 is 4.74 Å². The van der Waals surface area contributed by atoms with Gasteiger partial charge in [0.15, 0.2) is 0 Å². The van der Waals surface area contributed by atoms with Gasteiger partial charge < -0.3 is 10.1 Å². The Morgan fingerprint density at radius 3 is 2.81 bits per heavy atom. The minimum atomic E-state index is 0.157. The van der Waals surface area contributed by atoms with Crippen LogP contribution in [0.1, 0.15) is 16.7 Å². The second-order valence-electron chi connectivity index (χ2n) is 5.66. The first-order valence-corrected chi connectivity index (χ1v) is 7.72. The van der Waals surface area contributed by atoms with E-state index in [1.54, 1.807) is 0 Å². The van der Waals surface area contributed by atoms with Crippen molar-refractivity contribution in [2.45, 2.75) is 31.9 Å². The monoisotopic (exact) mass is 301 g/mol. The van der Waals surface area contributed by atoms with Crippen molar-refractivity contribution in [1.29, 1.82) is 0 Å². The van der Waals surface area contributed by atoms with Crippen LogP contribution < -0.4 is 10.1 Å². The fourth-order valence-electron chi connectivity index (χ4n) is 2.91. The first kappa shape index (κ1) is 14.4. The Morgan fingerprint density at radius 1 is 1.29 bits per heavy atom. The van der Waals surface area contributed by atoms with Crippen molar-refractivity contribution in [3.05, 3.63) is 64.2 Å². The molecule has 0 saturated carbocycles. The highest BCUT2D eigenvalue weighted by molar-refractivity contribution is 6.31. The highest BCUT2D eigenvalue weighted by Gasteiger charge is 2.29. The topological polar surface area (TPSA) is 21.3 Å². The number of aryl methyl sites for hydroxylation is 1. The molecule has 0 amide bonds. The number of benzene rings is 2. The SMILES string of the molecule is CNC(Cc1ccc(C)cc1Cl)C1Cc2ccccc2O1. The zero-order chi connectivity index (χ0) is 14.8. The van der Waals surface area contributed by atoms with E-state index in [9.17, 15) is 0 Å². The van der Waals surface area contributed by atoms with E-state index in [2.05, 4.69) is 36.5 Å². The lowest BCUT2D eigenvalue weighted by Crippen LogP contribution is -2.42. The molecule has 21 heavy (non-hydrogen) atoms. The second kappa shape index (κ2) is 6.08. The van der Waals surface area contributed by atoms with E-state index in [1.165, 1.54) is 16.7 Å². The van der Waals surface area contributed by atoms with Gasteiger partial charge in [-0.3, -0.25) is 0 Å². The fourth-order valence-corrected chi connectivity index (χ4v) is 3.22. The molecule has 0 aromatic heterocycles. The average Bonchev–Trinajstić information content (AvgIpc) is 2.90. The summed E-state index contributed by atoms with van der Waals surface area (Å²) in [4.78, 5) is 0. The molecule has 1 heterocycles. The number of likely N-dealkylation sites (N-methyl/N-ethyl adjacent to an activating group) is 1. The second-order valence-corrected chi connectivity index (χ2v) is 6.07. The molecule has 110 valence electrons. The molecule has 0 aliphatic carbocycles. The molecule has 2 aromatic carbocycles.